The summed E-state index contributed by atoms with van der Waals surface area (Å²) < 4.78 is 2.59. The number of nitro benzene ring substituents is 1. The molecule has 8 heteroatoms. The Hall–Kier alpha value is -2.64. The van der Waals surface area contributed by atoms with E-state index < -0.39 is 4.92 Å². The fourth-order valence-electron chi connectivity index (χ4n) is 1.76. The number of anilines is 1. The zero-order valence-corrected chi connectivity index (χ0v) is 10.5. The zero-order valence-electron chi connectivity index (χ0n) is 10.5. The van der Waals surface area contributed by atoms with Crippen LogP contribution in [0.4, 0.5) is 11.4 Å². The maximum Gasteiger partial charge on any atom is 0.345 e. The highest BCUT2D eigenvalue weighted by molar-refractivity contribution is 5.55. The van der Waals surface area contributed by atoms with Crippen molar-refractivity contribution in [2.75, 3.05) is 12.4 Å². The van der Waals surface area contributed by atoms with Gasteiger partial charge in [-0.25, -0.2) is 9.48 Å². The molecule has 100 valence electrons. The SMILES string of the molecule is CNc1ccc([N+](=O)[O-])cc1Cn1ncn(C)c1=O. The average Bonchev–Trinajstić information content (AvgIpc) is 2.70. The molecule has 0 radical (unpaired) electrons. The van der Waals surface area contributed by atoms with Gasteiger partial charge in [0.25, 0.3) is 5.69 Å². The zero-order chi connectivity index (χ0) is 14.0. The number of non-ortho nitro benzene ring substituents is 1. The quantitative estimate of drug-likeness (QED) is 0.643. The minimum absolute atomic E-state index is 0.0158. The minimum atomic E-state index is -0.468. The minimum Gasteiger partial charge on any atom is -0.388 e. The van der Waals surface area contributed by atoms with Crippen LogP contribution in [0.1, 0.15) is 5.56 Å². The molecule has 0 spiro atoms. The molecule has 8 nitrogen and oxygen atoms in total. The third-order valence-corrected chi connectivity index (χ3v) is 2.78. The summed E-state index contributed by atoms with van der Waals surface area (Å²) in [5.41, 5.74) is 1.08. The highest BCUT2D eigenvalue weighted by atomic mass is 16.6. The first kappa shape index (κ1) is 12.8. The van der Waals surface area contributed by atoms with Crippen LogP contribution in [0.5, 0.6) is 0 Å². The van der Waals surface area contributed by atoms with Gasteiger partial charge in [-0.3, -0.25) is 14.7 Å². The van der Waals surface area contributed by atoms with Gasteiger partial charge in [0.05, 0.1) is 11.5 Å². The monoisotopic (exact) mass is 263 g/mol. The average molecular weight is 263 g/mol. The Kier molecular flexibility index (Phi) is 3.32. The van der Waals surface area contributed by atoms with E-state index in [1.165, 1.54) is 27.7 Å². The van der Waals surface area contributed by atoms with Crippen molar-refractivity contribution in [1.29, 1.82) is 0 Å². The predicted octanol–water partition coefficient (Wildman–Crippen LogP) is 0.580. The number of hydrogen-bond acceptors (Lipinski definition) is 5. The van der Waals surface area contributed by atoms with E-state index in [1.54, 1.807) is 20.2 Å². The molecule has 2 aromatic rings. The number of nitrogens with one attached hydrogen (secondary N) is 1. The lowest BCUT2D eigenvalue weighted by Gasteiger charge is -2.08. The van der Waals surface area contributed by atoms with Crippen molar-refractivity contribution in [3.8, 4) is 0 Å². The van der Waals surface area contributed by atoms with Crippen molar-refractivity contribution < 1.29 is 4.92 Å². The van der Waals surface area contributed by atoms with Gasteiger partial charge in [0, 0.05) is 37.5 Å². The van der Waals surface area contributed by atoms with Crippen LogP contribution in [0, 0.1) is 10.1 Å². The first-order valence-electron chi connectivity index (χ1n) is 5.56. The molecule has 0 aliphatic rings. The van der Waals surface area contributed by atoms with Crippen molar-refractivity contribution in [2.24, 2.45) is 7.05 Å². The van der Waals surface area contributed by atoms with Crippen LogP contribution in [-0.4, -0.2) is 26.3 Å². The number of hydrogen-bond donors (Lipinski definition) is 1. The number of aromatic nitrogens is 3. The van der Waals surface area contributed by atoms with Crippen LogP contribution in [0.3, 0.4) is 0 Å². The maximum absolute atomic E-state index is 11.7. The van der Waals surface area contributed by atoms with E-state index in [0.29, 0.717) is 5.56 Å². The van der Waals surface area contributed by atoms with Crippen molar-refractivity contribution >= 4 is 11.4 Å². The Morgan fingerprint density at radius 1 is 1.47 bits per heavy atom. The predicted molar refractivity (Wildman–Crippen MR) is 69.2 cm³/mol. The molecule has 1 N–H and O–H groups in total. The standard InChI is InChI=1S/C11H13N5O3/c1-12-10-4-3-9(16(18)19)5-8(10)6-15-11(17)14(2)7-13-15/h3-5,7,12H,6H2,1-2H3. The number of benzene rings is 1. The summed E-state index contributed by atoms with van der Waals surface area (Å²) in [5, 5.41) is 17.6. The van der Waals surface area contributed by atoms with Crippen LogP contribution >= 0.6 is 0 Å². The van der Waals surface area contributed by atoms with Gasteiger partial charge in [0.15, 0.2) is 0 Å². The Morgan fingerprint density at radius 2 is 2.21 bits per heavy atom. The van der Waals surface area contributed by atoms with Gasteiger partial charge in [-0.05, 0) is 6.07 Å². The lowest BCUT2D eigenvalue weighted by molar-refractivity contribution is -0.384. The summed E-state index contributed by atoms with van der Waals surface area (Å²) in [6.07, 6.45) is 1.40. The normalized spacial score (nSPS) is 10.4. The number of rotatable bonds is 4. The Bertz CT molecular complexity index is 673. The molecule has 2 rings (SSSR count). The number of nitrogens with zero attached hydrogens (tertiary/aromatic N) is 4. The van der Waals surface area contributed by atoms with Gasteiger partial charge in [0.1, 0.15) is 6.33 Å². The topological polar surface area (TPSA) is 95.0 Å². The lowest BCUT2D eigenvalue weighted by Crippen LogP contribution is -2.23. The number of nitro groups is 1. The van der Waals surface area contributed by atoms with Crippen LogP contribution in [0.25, 0.3) is 0 Å². The molecular formula is C11H13N5O3. The summed E-state index contributed by atoms with van der Waals surface area (Å²) in [6, 6.07) is 4.46. The molecule has 0 amide bonds. The van der Waals surface area contributed by atoms with E-state index in [9.17, 15) is 14.9 Å². The molecule has 19 heavy (non-hydrogen) atoms. The van der Waals surface area contributed by atoms with Crippen molar-refractivity contribution in [3.63, 3.8) is 0 Å². The van der Waals surface area contributed by atoms with E-state index in [-0.39, 0.29) is 17.9 Å². The molecule has 0 bridgehead atoms. The molecule has 1 heterocycles. The van der Waals surface area contributed by atoms with E-state index in [2.05, 4.69) is 10.4 Å². The van der Waals surface area contributed by atoms with Crippen LogP contribution < -0.4 is 11.0 Å². The van der Waals surface area contributed by atoms with Gasteiger partial charge in [0.2, 0.25) is 0 Å². The Balaban J connectivity index is 2.43. The van der Waals surface area contributed by atoms with Gasteiger partial charge in [-0.15, -0.1) is 0 Å². The molecule has 0 atom stereocenters. The second-order valence-electron chi connectivity index (χ2n) is 4.03. The van der Waals surface area contributed by atoms with Gasteiger partial charge in [-0.2, -0.15) is 5.10 Å². The van der Waals surface area contributed by atoms with E-state index in [1.807, 2.05) is 0 Å². The lowest BCUT2D eigenvalue weighted by atomic mass is 10.1. The second kappa shape index (κ2) is 4.92. The first-order valence-corrected chi connectivity index (χ1v) is 5.56. The third kappa shape index (κ3) is 2.46. The van der Waals surface area contributed by atoms with E-state index in [0.717, 1.165) is 5.69 Å². The third-order valence-electron chi connectivity index (χ3n) is 2.78. The molecule has 0 aliphatic heterocycles. The molecule has 0 saturated heterocycles. The maximum atomic E-state index is 11.7. The van der Waals surface area contributed by atoms with Crippen molar-refractivity contribution in [1.82, 2.24) is 14.3 Å². The molecular weight excluding hydrogens is 250 g/mol. The highest BCUT2D eigenvalue weighted by Crippen LogP contribution is 2.22. The molecule has 1 aromatic carbocycles. The Morgan fingerprint density at radius 3 is 2.74 bits per heavy atom. The van der Waals surface area contributed by atoms with Crippen LogP contribution in [-0.2, 0) is 13.6 Å². The smallest absolute Gasteiger partial charge is 0.345 e. The molecule has 1 aromatic heterocycles. The fourth-order valence-corrected chi connectivity index (χ4v) is 1.76. The Labute approximate surface area is 108 Å². The highest BCUT2D eigenvalue weighted by Gasteiger charge is 2.12. The second-order valence-corrected chi connectivity index (χ2v) is 4.03. The summed E-state index contributed by atoms with van der Waals surface area (Å²) >= 11 is 0. The van der Waals surface area contributed by atoms with Gasteiger partial charge in [-0.1, -0.05) is 0 Å². The molecule has 0 saturated carbocycles. The summed E-state index contributed by atoms with van der Waals surface area (Å²) in [7, 11) is 3.31. The molecule has 0 unspecified atom stereocenters. The summed E-state index contributed by atoms with van der Waals surface area (Å²) in [6.45, 7) is 0.178. The fraction of sp³-hybridized carbons (Fsp3) is 0.273. The van der Waals surface area contributed by atoms with Crippen molar-refractivity contribution in [3.05, 3.63) is 50.7 Å². The van der Waals surface area contributed by atoms with Crippen molar-refractivity contribution in [2.45, 2.75) is 6.54 Å². The summed E-state index contributed by atoms with van der Waals surface area (Å²) in [4.78, 5) is 22.0. The summed E-state index contributed by atoms with van der Waals surface area (Å²) in [5.74, 6) is 0. The molecule has 0 fully saturated rings. The number of aryl methyl sites for hydroxylation is 1. The first-order chi connectivity index (χ1) is 9.02. The van der Waals surface area contributed by atoms with E-state index >= 15 is 0 Å². The van der Waals surface area contributed by atoms with Gasteiger partial charge >= 0.3 is 5.69 Å². The van der Waals surface area contributed by atoms with Gasteiger partial charge < -0.3 is 5.32 Å². The molecule has 0 aliphatic carbocycles. The van der Waals surface area contributed by atoms with E-state index in [4.69, 9.17) is 0 Å². The largest absolute Gasteiger partial charge is 0.388 e. The van der Waals surface area contributed by atoms with Crippen LogP contribution in [0.2, 0.25) is 0 Å². The van der Waals surface area contributed by atoms with Crippen LogP contribution in [0.15, 0.2) is 29.3 Å².